The number of carbonyl (C=O) groups is 1. The van der Waals surface area contributed by atoms with Crippen molar-refractivity contribution in [1.82, 2.24) is 10.3 Å². The fourth-order valence-electron chi connectivity index (χ4n) is 2.81. The van der Waals surface area contributed by atoms with E-state index in [1.54, 1.807) is 41.7 Å². The first-order valence-corrected chi connectivity index (χ1v) is 9.45. The topological polar surface area (TPSA) is 55.1 Å². The van der Waals surface area contributed by atoms with Gasteiger partial charge in [0.1, 0.15) is 22.3 Å². The predicted molar refractivity (Wildman–Crippen MR) is 104 cm³/mol. The number of nitrogens with zero attached hydrogens (tertiary/aromatic N) is 1. The van der Waals surface area contributed by atoms with Crippen molar-refractivity contribution in [3.8, 4) is 11.3 Å². The van der Waals surface area contributed by atoms with Crippen molar-refractivity contribution < 1.29 is 13.6 Å². The van der Waals surface area contributed by atoms with Crippen molar-refractivity contribution in [3.63, 3.8) is 0 Å². The third-order valence-electron chi connectivity index (χ3n) is 4.17. The molecule has 136 valence electrons. The van der Waals surface area contributed by atoms with Gasteiger partial charge in [-0.3, -0.25) is 4.79 Å². The van der Waals surface area contributed by atoms with Crippen LogP contribution >= 0.6 is 11.3 Å². The molecule has 0 radical (unpaired) electrons. The van der Waals surface area contributed by atoms with Crippen LogP contribution in [0.25, 0.3) is 21.5 Å². The average molecular weight is 380 g/mol. The maximum atomic E-state index is 13.8. The molecule has 4 nitrogen and oxygen atoms in total. The predicted octanol–water partition coefficient (Wildman–Crippen LogP) is 4.94. The van der Waals surface area contributed by atoms with E-state index in [1.807, 2.05) is 24.3 Å². The van der Waals surface area contributed by atoms with Crippen LogP contribution in [0.15, 0.2) is 65.1 Å². The second-order valence-electron chi connectivity index (χ2n) is 6.10. The first kappa shape index (κ1) is 17.4. The molecular weight excluding hydrogens is 363 g/mol. The second-order valence-corrected chi connectivity index (χ2v) is 7.21. The van der Waals surface area contributed by atoms with E-state index in [0.29, 0.717) is 36.5 Å². The zero-order chi connectivity index (χ0) is 18.6. The number of para-hydroxylation sites is 1. The lowest BCUT2D eigenvalue weighted by Crippen LogP contribution is -2.22. The lowest BCUT2D eigenvalue weighted by Gasteiger charge is -2.02. The molecule has 0 bridgehead atoms. The summed E-state index contributed by atoms with van der Waals surface area (Å²) in [6.07, 6.45) is 0.759. The lowest BCUT2D eigenvalue weighted by molar-refractivity contribution is -0.121. The largest absolute Gasteiger partial charge is 0.461 e. The molecule has 1 N–H and O–H groups in total. The number of benzene rings is 2. The number of aryl methyl sites for hydroxylation is 1. The van der Waals surface area contributed by atoms with Gasteiger partial charge in [0.25, 0.3) is 0 Å². The Morgan fingerprint density at radius 2 is 1.89 bits per heavy atom. The van der Waals surface area contributed by atoms with Gasteiger partial charge in [0, 0.05) is 12.8 Å². The van der Waals surface area contributed by atoms with E-state index in [0.717, 1.165) is 15.2 Å². The fraction of sp³-hybridized carbons (Fsp3) is 0.143. The van der Waals surface area contributed by atoms with Crippen molar-refractivity contribution in [3.05, 3.63) is 77.2 Å². The molecule has 0 saturated heterocycles. The molecule has 0 atom stereocenters. The van der Waals surface area contributed by atoms with Gasteiger partial charge in [-0.2, -0.15) is 0 Å². The Bertz CT molecular complexity index is 1050. The van der Waals surface area contributed by atoms with Crippen LogP contribution in [0.1, 0.15) is 17.2 Å². The highest BCUT2D eigenvalue weighted by molar-refractivity contribution is 7.18. The maximum absolute atomic E-state index is 13.8. The molecule has 0 aliphatic heterocycles. The highest BCUT2D eigenvalue weighted by Gasteiger charge is 2.11. The Kier molecular flexibility index (Phi) is 4.98. The monoisotopic (exact) mass is 380 g/mol. The van der Waals surface area contributed by atoms with E-state index in [4.69, 9.17) is 4.42 Å². The molecule has 4 rings (SSSR count). The SMILES string of the molecule is O=C(CCc1ccc(-c2ccccc2F)o1)NCc1nc2ccccc2s1. The number of amides is 1. The summed E-state index contributed by atoms with van der Waals surface area (Å²) in [7, 11) is 0. The minimum absolute atomic E-state index is 0.0712. The summed E-state index contributed by atoms with van der Waals surface area (Å²) < 4.78 is 20.6. The van der Waals surface area contributed by atoms with Crippen LogP contribution < -0.4 is 5.32 Å². The molecule has 1 amide bonds. The average Bonchev–Trinajstić information content (AvgIpc) is 3.31. The van der Waals surface area contributed by atoms with Crippen LogP contribution in [0, 0.1) is 5.82 Å². The van der Waals surface area contributed by atoms with Crippen LogP contribution in [0.5, 0.6) is 0 Å². The molecule has 0 spiro atoms. The zero-order valence-electron chi connectivity index (χ0n) is 14.4. The third-order valence-corrected chi connectivity index (χ3v) is 5.21. The lowest BCUT2D eigenvalue weighted by atomic mass is 10.1. The van der Waals surface area contributed by atoms with E-state index < -0.39 is 0 Å². The van der Waals surface area contributed by atoms with Gasteiger partial charge < -0.3 is 9.73 Å². The molecule has 2 aromatic carbocycles. The number of nitrogens with one attached hydrogen (secondary N) is 1. The molecule has 0 saturated carbocycles. The van der Waals surface area contributed by atoms with Crippen molar-refractivity contribution in [2.24, 2.45) is 0 Å². The van der Waals surface area contributed by atoms with Gasteiger partial charge in [0.15, 0.2) is 0 Å². The Labute approximate surface area is 159 Å². The Morgan fingerprint density at radius 1 is 1.07 bits per heavy atom. The van der Waals surface area contributed by atoms with Crippen molar-refractivity contribution in [1.29, 1.82) is 0 Å². The van der Waals surface area contributed by atoms with Gasteiger partial charge in [-0.25, -0.2) is 9.37 Å². The smallest absolute Gasteiger partial charge is 0.220 e. The van der Waals surface area contributed by atoms with E-state index in [2.05, 4.69) is 10.3 Å². The van der Waals surface area contributed by atoms with Gasteiger partial charge in [-0.05, 0) is 36.4 Å². The summed E-state index contributed by atoms with van der Waals surface area (Å²) in [5, 5.41) is 3.76. The van der Waals surface area contributed by atoms with Crippen molar-refractivity contribution >= 4 is 27.5 Å². The number of fused-ring (bicyclic) bond motifs is 1. The molecule has 0 aliphatic carbocycles. The van der Waals surface area contributed by atoms with E-state index in [-0.39, 0.29) is 11.7 Å². The Hall–Kier alpha value is -2.99. The number of carbonyl (C=O) groups excluding carboxylic acids is 1. The number of hydrogen-bond acceptors (Lipinski definition) is 4. The third kappa shape index (κ3) is 4.06. The first-order chi connectivity index (χ1) is 13.2. The number of aromatic nitrogens is 1. The van der Waals surface area contributed by atoms with E-state index >= 15 is 0 Å². The minimum atomic E-state index is -0.327. The summed E-state index contributed by atoms with van der Waals surface area (Å²) in [5.41, 5.74) is 1.37. The summed E-state index contributed by atoms with van der Waals surface area (Å²) in [5.74, 6) is 0.728. The molecule has 27 heavy (non-hydrogen) atoms. The summed E-state index contributed by atoms with van der Waals surface area (Å²) >= 11 is 1.58. The standard InChI is InChI=1S/C21H17FN2O2S/c22-16-6-2-1-5-15(16)18-11-9-14(26-18)10-12-20(25)23-13-21-24-17-7-3-4-8-19(17)27-21/h1-9,11H,10,12-13H2,(H,23,25). The van der Waals surface area contributed by atoms with Crippen LogP contribution in [0.4, 0.5) is 4.39 Å². The molecule has 4 aromatic rings. The number of rotatable bonds is 6. The number of furan rings is 1. The molecule has 0 unspecified atom stereocenters. The van der Waals surface area contributed by atoms with Gasteiger partial charge in [0.2, 0.25) is 5.91 Å². The molecule has 0 fully saturated rings. The van der Waals surface area contributed by atoms with Gasteiger partial charge in [0.05, 0.1) is 22.3 Å². The summed E-state index contributed by atoms with van der Waals surface area (Å²) in [6, 6.07) is 17.9. The fourth-order valence-corrected chi connectivity index (χ4v) is 3.72. The molecule has 2 aromatic heterocycles. The number of hydrogen-bond donors (Lipinski definition) is 1. The molecular formula is C21H17FN2O2S. The van der Waals surface area contributed by atoms with Crippen LogP contribution in [0.2, 0.25) is 0 Å². The van der Waals surface area contributed by atoms with Crippen LogP contribution in [-0.4, -0.2) is 10.9 Å². The molecule has 2 heterocycles. The van der Waals surface area contributed by atoms with Gasteiger partial charge in [-0.15, -0.1) is 11.3 Å². The summed E-state index contributed by atoms with van der Waals surface area (Å²) in [4.78, 5) is 16.6. The van der Waals surface area contributed by atoms with Crippen molar-refractivity contribution in [2.75, 3.05) is 0 Å². The highest BCUT2D eigenvalue weighted by Crippen LogP contribution is 2.25. The molecule has 0 aliphatic rings. The van der Waals surface area contributed by atoms with E-state index in [1.165, 1.54) is 6.07 Å². The number of thiazole rings is 1. The molecule has 6 heteroatoms. The van der Waals surface area contributed by atoms with Crippen molar-refractivity contribution in [2.45, 2.75) is 19.4 Å². The second kappa shape index (κ2) is 7.72. The van der Waals surface area contributed by atoms with Gasteiger partial charge >= 0.3 is 0 Å². The van der Waals surface area contributed by atoms with Crippen LogP contribution in [-0.2, 0) is 17.8 Å². The minimum Gasteiger partial charge on any atom is -0.461 e. The Morgan fingerprint density at radius 3 is 2.74 bits per heavy atom. The first-order valence-electron chi connectivity index (χ1n) is 8.64. The highest BCUT2D eigenvalue weighted by atomic mass is 32.1. The number of halogens is 1. The normalized spacial score (nSPS) is 11.0. The van der Waals surface area contributed by atoms with E-state index in [9.17, 15) is 9.18 Å². The zero-order valence-corrected chi connectivity index (χ0v) is 15.3. The quantitative estimate of drug-likeness (QED) is 0.515. The van der Waals surface area contributed by atoms with Gasteiger partial charge in [-0.1, -0.05) is 24.3 Å². The maximum Gasteiger partial charge on any atom is 0.220 e. The van der Waals surface area contributed by atoms with Crippen LogP contribution in [0.3, 0.4) is 0 Å². The summed E-state index contributed by atoms with van der Waals surface area (Å²) in [6.45, 7) is 0.414. The Balaban J connectivity index is 1.31.